The van der Waals surface area contributed by atoms with Gasteiger partial charge in [0, 0.05) is 0 Å². The number of ether oxygens (including phenoxy) is 1. The molecule has 0 amide bonds. The first-order chi connectivity index (χ1) is 4.91. The summed E-state index contributed by atoms with van der Waals surface area (Å²) in [6.45, 7) is 8.65. The molecule has 0 heterocycles. The first-order valence-corrected chi connectivity index (χ1v) is 4.62. The molecule has 11 heavy (non-hydrogen) atoms. The first-order valence-electron chi connectivity index (χ1n) is 4.62. The zero-order valence-electron chi connectivity index (χ0n) is 8.24. The van der Waals surface area contributed by atoms with Gasteiger partial charge in [-0.1, -0.05) is 12.8 Å². The predicted molar refractivity (Wildman–Crippen MR) is 47.7 cm³/mol. The summed E-state index contributed by atoms with van der Waals surface area (Å²) in [7, 11) is 0. The van der Waals surface area contributed by atoms with Gasteiger partial charge >= 0.3 is 0 Å². The second kappa shape index (κ2) is 2.78. The minimum Gasteiger partial charge on any atom is -0.370 e. The summed E-state index contributed by atoms with van der Waals surface area (Å²) in [6.07, 6.45) is 5.16. The highest BCUT2D eigenvalue weighted by molar-refractivity contribution is 4.84. The lowest BCUT2D eigenvalue weighted by Crippen LogP contribution is -2.34. The van der Waals surface area contributed by atoms with Crippen LogP contribution in [0, 0.1) is 0 Å². The van der Waals surface area contributed by atoms with Gasteiger partial charge in [0.15, 0.2) is 0 Å². The van der Waals surface area contributed by atoms with Gasteiger partial charge in [-0.15, -0.1) is 0 Å². The number of rotatable bonds is 1. The highest BCUT2D eigenvalue weighted by atomic mass is 16.5. The van der Waals surface area contributed by atoms with Gasteiger partial charge in [0.05, 0.1) is 11.2 Å². The van der Waals surface area contributed by atoms with E-state index in [4.69, 9.17) is 4.74 Å². The van der Waals surface area contributed by atoms with Gasteiger partial charge in [0.1, 0.15) is 0 Å². The van der Waals surface area contributed by atoms with E-state index in [9.17, 15) is 0 Å². The van der Waals surface area contributed by atoms with Gasteiger partial charge in [-0.05, 0) is 40.5 Å². The van der Waals surface area contributed by atoms with Gasteiger partial charge in [-0.25, -0.2) is 0 Å². The molecule has 0 bridgehead atoms. The van der Waals surface area contributed by atoms with Gasteiger partial charge in [0.2, 0.25) is 0 Å². The van der Waals surface area contributed by atoms with Gasteiger partial charge < -0.3 is 4.74 Å². The zero-order chi connectivity index (χ0) is 8.54. The maximum Gasteiger partial charge on any atom is 0.0661 e. The van der Waals surface area contributed by atoms with Crippen LogP contribution in [0.5, 0.6) is 0 Å². The minimum absolute atomic E-state index is 0.0269. The summed E-state index contributed by atoms with van der Waals surface area (Å²) in [6, 6.07) is 0. The third-order valence-electron chi connectivity index (χ3n) is 2.21. The molecule has 0 aliphatic heterocycles. The fourth-order valence-electron chi connectivity index (χ4n) is 1.96. The second-order valence-corrected chi connectivity index (χ2v) is 4.87. The Morgan fingerprint density at radius 3 is 1.91 bits per heavy atom. The lowest BCUT2D eigenvalue weighted by Gasteiger charge is -2.33. The molecule has 1 fully saturated rings. The Morgan fingerprint density at radius 2 is 1.55 bits per heavy atom. The van der Waals surface area contributed by atoms with Crippen LogP contribution in [-0.4, -0.2) is 11.2 Å². The van der Waals surface area contributed by atoms with Crippen LogP contribution in [0.4, 0.5) is 0 Å². The molecule has 1 rings (SSSR count). The van der Waals surface area contributed by atoms with Crippen molar-refractivity contribution in [3.63, 3.8) is 0 Å². The molecule has 0 spiro atoms. The SMILES string of the molecule is CC(C)(C)OC1(C)CCCC1. The minimum atomic E-state index is 0.0269. The smallest absolute Gasteiger partial charge is 0.0661 e. The first kappa shape index (κ1) is 9.05. The van der Waals surface area contributed by atoms with E-state index in [0.29, 0.717) is 0 Å². The van der Waals surface area contributed by atoms with Crippen molar-refractivity contribution >= 4 is 0 Å². The summed E-state index contributed by atoms with van der Waals surface area (Å²) < 4.78 is 5.99. The van der Waals surface area contributed by atoms with E-state index in [-0.39, 0.29) is 11.2 Å². The third kappa shape index (κ3) is 2.82. The molecule has 0 unspecified atom stereocenters. The van der Waals surface area contributed by atoms with E-state index in [2.05, 4.69) is 27.7 Å². The maximum absolute atomic E-state index is 5.99. The molecule has 0 radical (unpaired) electrons. The summed E-state index contributed by atoms with van der Waals surface area (Å²) in [5.41, 5.74) is 0.206. The highest BCUT2D eigenvalue weighted by Gasteiger charge is 2.33. The summed E-state index contributed by atoms with van der Waals surface area (Å²) in [5.74, 6) is 0. The third-order valence-corrected chi connectivity index (χ3v) is 2.21. The van der Waals surface area contributed by atoms with Crippen molar-refractivity contribution in [2.24, 2.45) is 0 Å². The lowest BCUT2D eigenvalue weighted by atomic mass is 10.0. The molecule has 1 nitrogen and oxygen atoms in total. The van der Waals surface area contributed by atoms with E-state index in [1.807, 2.05) is 0 Å². The normalized spacial score (nSPS) is 24.0. The fourth-order valence-corrected chi connectivity index (χ4v) is 1.96. The van der Waals surface area contributed by atoms with Crippen molar-refractivity contribution in [2.75, 3.05) is 0 Å². The van der Waals surface area contributed by atoms with Gasteiger partial charge in [0.25, 0.3) is 0 Å². The van der Waals surface area contributed by atoms with Crippen molar-refractivity contribution in [1.82, 2.24) is 0 Å². The average Bonchev–Trinajstić information content (AvgIpc) is 2.09. The molecule has 0 aromatic heterocycles. The zero-order valence-corrected chi connectivity index (χ0v) is 8.24. The molecule has 1 aliphatic rings. The Labute approximate surface area is 70.1 Å². The number of hydrogen-bond donors (Lipinski definition) is 0. The van der Waals surface area contributed by atoms with E-state index < -0.39 is 0 Å². The number of hydrogen-bond acceptors (Lipinski definition) is 1. The molecular weight excluding hydrogens is 136 g/mol. The van der Waals surface area contributed by atoms with Crippen LogP contribution in [0.25, 0.3) is 0 Å². The molecule has 1 heteroatoms. The predicted octanol–water partition coefficient (Wildman–Crippen LogP) is 3.13. The monoisotopic (exact) mass is 156 g/mol. The van der Waals surface area contributed by atoms with Crippen LogP contribution in [0.1, 0.15) is 53.4 Å². The summed E-state index contributed by atoms with van der Waals surface area (Å²) >= 11 is 0. The molecule has 1 saturated carbocycles. The molecule has 0 saturated heterocycles. The van der Waals surface area contributed by atoms with E-state index in [1.54, 1.807) is 0 Å². The molecule has 0 atom stereocenters. The molecule has 0 aromatic rings. The molecule has 66 valence electrons. The largest absolute Gasteiger partial charge is 0.370 e. The lowest BCUT2D eigenvalue weighted by molar-refractivity contribution is -0.118. The van der Waals surface area contributed by atoms with Gasteiger partial charge in [-0.2, -0.15) is 0 Å². The van der Waals surface area contributed by atoms with Crippen molar-refractivity contribution in [2.45, 2.75) is 64.6 Å². The van der Waals surface area contributed by atoms with Crippen LogP contribution >= 0.6 is 0 Å². The molecular formula is C10H20O. The Morgan fingerprint density at radius 1 is 1.09 bits per heavy atom. The topological polar surface area (TPSA) is 9.23 Å². The van der Waals surface area contributed by atoms with E-state index >= 15 is 0 Å². The maximum atomic E-state index is 5.99. The summed E-state index contributed by atoms with van der Waals surface area (Å²) in [5, 5.41) is 0. The molecule has 1 aliphatic carbocycles. The Bertz CT molecular complexity index is 126. The van der Waals surface area contributed by atoms with Crippen LogP contribution in [-0.2, 0) is 4.74 Å². The highest BCUT2D eigenvalue weighted by Crippen LogP contribution is 2.35. The van der Waals surface area contributed by atoms with Crippen molar-refractivity contribution < 1.29 is 4.74 Å². The quantitative estimate of drug-likeness (QED) is 0.566. The van der Waals surface area contributed by atoms with Crippen LogP contribution in [0.3, 0.4) is 0 Å². The van der Waals surface area contributed by atoms with E-state index in [0.717, 1.165) is 0 Å². The van der Waals surface area contributed by atoms with Gasteiger partial charge in [-0.3, -0.25) is 0 Å². The fraction of sp³-hybridized carbons (Fsp3) is 1.00. The van der Waals surface area contributed by atoms with Crippen LogP contribution < -0.4 is 0 Å². The average molecular weight is 156 g/mol. The standard InChI is InChI=1S/C10H20O/c1-9(2,3)11-10(4)7-5-6-8-10/h5-8H2,1-4H3. The van der Waals surface area contributed by atoms with Crippen LogP contribution in [0.2, 0.25) is 0 Å². The van der Waals surface area contributed by atoms with Crippen molar-refractivity contribution in [3.05, 3.63) is 0 Å². The molecule has 0 aromatic carbocycles. The Kier molecular flexibility index (Phi) is 2.29. The Hall–Kier alpha value is -0.0400. The van der Waals surface area contributed by atoms with Crippen LogP contribution in [0.15, 0.2) is 0 Å². The second-order valence-electron chi connectivity index (χ2n) is 4.87. The van der Waals surface area contributed by atoms with E-state index in [1.165, 1.54) is 25.7 Å². The Balaban J connectivity index is 2.46. The molecule has 0 N–H and O–H groups in total. The van der Waals surface area contributed by atoms with Crippen molar-refractivity contribution in [3.8, 4) is 0 Å². The van der Waals surface area contributed by atoms with Crippen molar-refractivity contribution in [1.29, 1.82) is 0 Å². The summed E-state index contributed by atoms with van der Waals surface area (Å²) in [4.78, 5) is 0.